The highest BCUT2D eigenvalue weighted by atomic mass is 32.2. The van der Waals surface area contributed by atoms with Gasteiger partial charge in [-0.1, -0.05) is 51.1 Å². The summed E-state index contributed by atoms with van der Waals surface area (Å²) in [5.41, 5.74) is 0.239. The second-order valence-electron chi connectivity index (χ2n) is 5.36. The van der Waals surface area contributed by atoms with Crippen molar-refractivity contribution in [2.75, 3.05) is 19.4 Å². The van der Waals surface area contributed by atoms with Gasteiger partial charge in [0.15, 0.2) is 0 Å². The number of benzene rings is 1. The molecule has 0 saturated heterocycles. The van der Waals surface area contributed by atoms with Gasteiger partial charge in [0.25, 0.3) is 0 Å². The van der Waals surface area contributed by atoms with E-state index in [-0.39, 0.29) is 5.97 Å². The number of thioether (sulfide) groups is 1. The summed E-state index contributed by atoms with van der Waals surface area (Å²) in [5.74, 6) is 0.713. The predicted octanol–water partition coefficient (Wildman–Crippen LogP) is 3.59. The van der Waals surface area contributed by atoms with E-state index in [1.165, 1.54) is 7.11 Å². The van der Waals surface area contributed by atoms with Gasteiger partial charge in [0.1, 0.15) is 5.54 Å². The zero-order valence-corrected chi connectivity index (χ0v) is 14.3. The molecule has 0 amide bonds. The maximum atomic E-state index is 12.5. The van der Waals surface area contributed by atoms with E-state index in [0.29, 0.717) is 5.25 Å². The molecule has 0 saturated carbocycles. The molecule has 1 atom stereocenters. The number of hydrogen-bond acceptors (Lipinski definition) is 4. The number of carbonyl (C=O) groups is 1. The smallest absolute Gasteiger partial charge is 0.330 e. The van der Waals surface area contributed by atoms with Crippen LogP contribution >= 0.6 is 11.8 Å². The molecule has 0 aliphatic rings. The number of ether oxygens (including phenoxy) is 1. The molecule has 1 N–H and O–H groups in total. The number of nitrogens with one attached hydrogen (secondary N) is 1. The normalized spacial score (nSPS) is 14.0. The topological polar surface area (TPSA) is 38.3 Å². The fourth-order valence-corrected chi connectivity index (χ4v) is 3.21. The van der Waals surface area contributed by atoms with E-state index in [4.69, 9.17) is 4.74 Å². The van der Waals surface area contributed by atoms with Gasteiger partial charge >= 0.3 is 5.97 Å². The molecule has 1 aromatic rings. The molecule has 21 heavy (non-hydrogen) atoms. The molecule has 0 spiro atoms. The molecule has 1 rings (SSSR count). The Labute approximate surface area is 132 Å². The SMILES string of the molecule is CCCNC(CCSC(C)C)(C(=O)OC)c1ccccc1. The first kappa shape index (κ1) is 18.1. The van der Waals surface area contributed by atoms with Crippen molar-refractivity contribution in [2.24, 2.45) is 0 Å². The third-order valence-electron chi connectivity index (χ3n) is 3.41. The molecule has 3 nitrogen and oxygen atoms in total. The van der Waals surface area contributed by atoms with Crippen molar-refractivity contribution in [3.63, 3.8) is 0 Å². The summed E-state index contributed by atoms with van der Waals surface area (Å²) in [6.45, 7) is 7.23. The molecule has 0 aromatic heterocycles. The maximum Gasteiger partial charge on any atom is 0.330 e. The van der Waals surface area contributed by atoms with Gasteiger partial charge in [-0.15, -0.1) is 0 Å². The Balaban J connectivity index is 3.05. The largest absolute Gasteiger partial charge is 0.467 e. The van der Waals surface area contributed by atoms with E-state index in [2.05, 4.69) is 26.1 Å². The fraction of sp³-hybridized carbons (Fsp3) is 0.588. The quantitative estimate of drug-likeness (QED) is 0.708. The summed E-state index contributed by atoms with van der Waals surface area (Å²) < 4.78 is 5.11. The van der Waals surface area contributed by atoms with Crippen LogP contribution in [0.4, 0.5) is 0 Å². The Bertz CT molecular complexity index is 422. The second kappa shape index (κ2) is 9.11. The Morgan fingerprint density at radius 3 is 2.52 bits per heavy atom. The lowest BCUT2D eigenvalue weighted by atomic mass is 9.87. The van der Waals surface area contributed by atoms with Crippen LogP contribution < -0.4 is 5.32 Å². The van der Waals surface area contributed by atoms with Gasteiger partial charge in [0, 0.05) is 0 Å². The monoisotopic (exact) mass is 309 g/mol. The van der Waals surface area contributed by atoms with E-state index in [0.717, 1.165) is 30.7 Å². The van der Waals surface area contributed by atoms with Gasteiger partial charge in [-0.25, -0.2) is 4.79 Å². The maximum absolute atomic E-state index is 12.5. The molecule has 1 aromatic carbocycles. The molecule has 4 heteroatoms. The minimum absolute atomic E-state index is 0.202. The van der Waals surface area contributed by atoms with E-state index < -0.39 is 5.54 Å². The molecule has 1 unspecified atom stereocenters. The van der Waals surface area contributed by atoms with Gasteiger partial charge in [0.05, 0.1) is 7.11 Å². The van der Waals surface area contributed by atoms with Crippen LogP contribution in [0.5, 0.6) is 0 Å². The molecular formula is C17H27NO2S. The molecule has 0 aliphatic heterocycles. The molecule has 0 radical (unpaired) electrons. The zero-order valence-electron chi connectivity index (χ0n) is 13.5. The first-order chi connectivity index (χ1) is 10.1. The number of methoxy groups -OCH3 is 1. The number of esters is 1. The van der Waals surface area contributed by atoms with Gasteiger partial charge < -0.3 is 4.74 Å². The molecule has 0 heterocycles. The summed E-state index contributed by atoms with van der Waals surface area (Å²) in [4.78, 5) is 12.5. The highest BCUT2D eigenvalue weighted by Gasteiger charge is 2.40. The van der Waals surface area contributed by atoms with Crippen LogP contribution in [0.15, 0.2) is 30.3 Å². The van der Waals surface area contributed by atoms with Gasteiger partial charge in [0.2, 0.25) is 0 Å². The Morgan fingerprint density at radius 2 is 2.00 bits per heavy atom. The van der Waals surface area contributed by atoms with Crippen LogP contribution in [-0.2, 0) is 15.1 Å². The fourth-order valence-electron chi connectivity index (χ4n) is 2.31. The Kier molecular flexibility index (Phi) is 7.83. The van der Waals surface area contributed by atoms with Crippen LogP contribution in [0.2, 0.25) is 0 Å². The third-order valence-corrected chi connectivity index (χ3v) is 4.51. The van der Waals surface area contributed by atoms with Crippen molar-refractivity contribution < 1.29 is 9.53 Å². The lowest BCUT2D eigenvalue weighted by Gasteiger charge is -2.33. The Hall–Kier alpha value is -1.00. The third kappa shape index (κ3) is 5.04. The van der Waals surface area contributed by atoms with Crippen LogP contribution in [-0.4, -0.2) is 30.6 Å². The van der Waals surface area contributed by atoms with Gasteiger partial charge in [-0.2, -0.15) is 11.8 Å². The van der Waals surface area contributed by atoms with Crippen LogP contribution in [0, 0.1) is 0 Å². The number of carbonyl (C=O) groups excluding carboxylic acids is 1. The van der Waals surface area contributed by atoms with Gasteiger partial charge in [-0.3, -0.25) is 5.32 Å². The van der Waals surface area contributed by atoms with Crippen LogP contribution in [0.1, 0.15) is 39.2 Å². The lowest BCUT2D eigenvalue weighted by molar-refractivity contribution is -0.149. The van der Waals surface area contributed by atoms with Crippen LogP contribution in [0.3, 0.4) is 0 Å². The standard InChI is InChI=1S/C17H27NO2S/c1-5-12-18-17(16(19)20-4,11-13-21-14(2)3)15-9-7-6-8-10-15/h6-10,14,18H,5,11-13H2,1-4H3. The minimum Gasteiger partial charge on any atom is -0.467 e. The average Bonchev–Trinajstić information content (AvgIpc) is 2.50. The summed E-state index contributed by atoms with van der Waals surface area (Å²) >= 11 is 1.87. The summed E-state index contributed by atoms with van der Waals surface area (Å²) in [7, 11) is 1.46. The summed E-state index contributed by atoms with van der Waals surface area (Å²) in [6, 6.07) is 9.90. The highest BCUT2D eigenvalue weighted by Crippen LogP contribution is 2.29. The van der Waals surface area contributed by atoms with Crippen LogP contribution in [0.25, 0.3) is 0 Å². The van der Waals surface area contributed by atoms with E-state index >= 15 is 0 Å². The van der Waals surface area contributed by atoms with E-state index in [9.17, 15) is 4.79 Å². The molecule has 118 valence electrons. The molecule has 0 aliphatic carbocycles. The zero-order chi connectivity index (χ0) is 15.7. The average molecular weight is 309 g/mol. The van der Waals surface area contributed by atoms with E-state index in [1.807, 2.05) is 42.1 Å². The lowest BCUT2D eigenvalue weighted by Crippen LogP contribution is -2.50. The molecule has 0 bridgehead atoms. The van der Waals surface area contributed by atoms with Crippen molar-refractivity contribution in [2.45, 2.75) is 44.4 Å². The highest BCUT2D eigenvalue weighted by molar-refractivity contribution is 7.99. The van der Waals surface area contributed by atoms with Crippen molar-refractivity contribution in [1.82, 2.24) is 5.32 Å². The molecule has 0 fully saturated rings. The van der Waals surface area contributed by atoms with Crippen molar-refractivity contribution in [1.29, 1.82) is 0 Å². The summed E-state index contributed by atoms with van der Waals surface area (Å²) in [6.07, 6.45) is 1.70. The first-order valence-corrected chi connectivity index (χ1v) is 8.62. The second-order valence-corrected chi connectivity index (χ2v) is 7.04. The van der Waals surface area contributed by atoms with Crippen molar-refractivity contribution in [3.05, 3.63) is 35.9 Å². The minimum atomic E-state index is -0.742. The van der Waals surface area contributed by atoms with E-state index in [1.54, 1.807) is 0 Å². The van der Waals surface area contributed by atoms with Crippen molar-refractivity contribution >= 4 is 17.7 Å². The number of rotatable bonds is 9. The summed E-state index contributed by atoms with van der Waals surface area (Å²) in [5, 5.41) is 3.99. The number of hydrogen-bond donors (Lipinski definition) is 1. The molecular weight excluding hydrogens is 282 g/mol. The first-order valence-electron chi connectivity index (χ1n) is 7.57. The van der Waals surface area contributed by atoms with Gasteiger partial charge in [-0.05, 0) is 36.0 Å². The van der Waals surface area contributed by atoms with Crippen molar-refractivity contribution in [3.8, 4) is 0 Å². The Morgan fingerprint density at radius 1 is 1.33 bits per heavy atom. The predicted molar refractivity (Wildman–Crippen MR) is 90.6 cm³/mol.